The van der Waals surface area contributed by atoms with Crippen molar-refractivity contribution in [3.63, 3.8) is 0 Å². The SMILES string of the molecule is C=CCNC(=O)NC(CC(C)C)C(=O)OC. The van der Waals surface area contributed by atoms with Gasteiger partial charge in [0.15, 0.2) is 0 Å². The van der Waals surface area contributed by atoms with Crippen LogP contribution < -0.4 is 10.6 Å². The lowest BCUT2D eigenvalue weighted by Crippen LogP contribution is -2.47. The highest BCUT2D eigenvalue weighted by Gasteiger charge is 2.22. The summed E-state index contributed by atoms with van der Waals surface area (Å²) in [5.74, 6) is -0.133. The molecule has 0 aliphatic carbocycles. The molecule has 0 saturated heterocycles. The van der Waals surface area contributed by atoms with Crippen molar-refractivity contribution in [2.75, 3.05) is 13.7 Å². The van der Waals surface area contributed by atoms with E-state index >= 15 is 0 Å². The predicted molar refractivity (Wildman–Crippen MR) is 62.0 cm³/mol. The van der Waals surface area contributed by atoms with Crippen LogP contribution >= 0.6 is 0 Å². The van der Waals surface area contributed by atoms with Gasteiger partial charge in [0.05, 0.1) is 7.11 Å². The smallest absolute Gasteiger partial charge is 0.328 e. The molecule has 0 aromatic heterocycles. The number of esters is 1. The Morgan fingerprint density at radius 2 is 2.06 bits per heavy atom. The zero-order valence-corrected chi connectivity index (χ0v) is 10.1. The lowest BCUT2D eigenvalue weighted by molar-refractivity contribution is -0.143. The first-order valence-electron chi connectivity index (χ1n) is 5.24. The zero-order valence-electron chi connectivity index (χ0n) is 10.1. The lowest BCUT2D eigenvalue weighted by atomic mass is 10.0. The van der Waals surface area contributed by atoms with E-state index in [2.05, 4.69) is 21.9 Å². The van der Waals surface area contributed by atoms with E-state index in [0.29, 0.717) is 18.9 Å². The van der Waals surface area contributed by atoms with E-state index in [4.69, 9.17) is 0 Å². The van der Waals surface area contributed by atoms with E-state index in [9.17, 15) is 9.59 Å². The molecule has 0 spiro atoms. The van der Waals surface area contributed by atoms with Crippen molar-refractivity contribution in [2.45, 2.75) is 26.3 Å². The topological polar surface area (TPSA) is 67.4 Å². The molecule has 0 aliphatic rings. The Hall–Kier alpha value is -1.52. The predicted octanol–water partition coefficient (Wildman–Crippen LogP) is 1.06. The molecule has 1 unspecified atom stereocenters. The van der Waals surface area contributed by atoms with Gasteiger partial charge in [0, 0.05) is 6.54 Å². The van der Waals surface area contributed by atoms with Gasteiger partial charge in [0.2, 0.25) is 0 Å². The minimum absolute atomic E-state index is 0.295. The summed E-state index contributed by atoms with van der Waals surface area (Å²) < 4.78 is 4.62. The highest BCUT2D eigenvalue weighted by atomic mass is 16.5. The molecule has 2 amide bonds. The normalized spacial score (nSPS) is 11.8. The molecule has 0 saturated carbocycles. The Balaban J connectivity index is 4.24. The monoisotopic (exact) mass is 228 g/mol. The van der Waals surface area contributed by atoms with Crippen LogP contribution in [0.2, 0.25) is 0 Å². The quantitative estimate of drug-likeness (QED) is 0.527. The molecule has 2 N–H and O–H groups in total. The van der Waals surface area contributed by atoms with Gasteiger partial charge in [0.1, 0.15) is 6.04 Å². The number of carbonyl (C=O) groups excluding carboxylic acids is 2. The fourth-order valence-electron chi connectivity index (χ4n) is 1.20. The Morgan fingerprint density at radius 3 is 2.50 bits per heavy atom. The number of rotatable bonds is 6. The van der Waals surface area contributed by atoms with Crippen LogP contribution in [0.1, 0.15) is 20.3 Å². The van der Waals surface area contributed by atoms with Crippen LogP contribution in [-0.4, -0.2) is 31.7 Å². The molecule has 16 heavy (non-hydrogen) atoms. The Morgan fingerprint density at radius 1 is 1.44 bits per heavy atom. The number of methoxy groups -OCH3 is 1. The minimum Gasteiger partial charge on any atom is -0.467 e. The molecular formula is C11H20N2O3. The number of urea groups is 1. The minimum atomic E-state index is -0.602. The first kappa shape index (κ1) is 14.5. The molecule has 0 radical (unpaired) electrons. The molecule has 0 rings (SSSR count). The third-order valence-electron chi connectivity index (χ3n) is 1.91. The number of ether oxygens (including phenoxy) is 1. The third kappa shape index (κ3) is 6.06. The van der Waals surface area contributed by atoms with Gasteiger partial charge < -0.3 is 15.4 Å². The summed E-state index contributed by atoms with van der Waals surface area (Å²) in [5, 5.41) is 5.10. The first-order valence-corrected chi connectivity index (χ1v) is 5.24. The summed E-state index contributed by atoms with van der Waals surface area (Å²) in [4.78, 5) is 22.7. The fourth-order valence-corrected chi connectivity index (χ4v) is 1.20. The summed E-state index contributed by atoms with van der Waals surface area (Å²) in [6, 6.07) is -0.995. The van der Waals surface area contributed by atoms with Gasteiger partial charge in [-0.1, -0.05) is 19.9 Å². The van der Waals surface area contributed by atoms with Crippen LogP contribution in [0.4, 0.5) is 4.79 Å². The lowest BCUT2D eigenvalue weighted by Gasteiger charge is -2.18. The standard InChI is InChI=1S/C11H20N2O3/c1-5-6-12-11(15)13-9(7-8(2)3)10(14)16-4/h5,8-9H,1,6-7H2,2-4H3,(H2,12,13,15). The van der Waals surface area contributed by atoms with E-state index in [1.807, 2.05) is 13.8 Å². The zero-order chi connectivity index (χ0) is 12.6. The van der Waals surface area contributed by atoms with Crippen LogP contribution in [0.25, 0.3) is 0 Å². The van der Waals surface area contributed by atoms with Gasteiger partial charge in [-0.3, -0.25) is 0 Å². The number of hydrogen-bond acceptors (Lipinski definition) is 3. The molecule has 5 heteroatoms. The molecule has 92 valence electrons. The van der Waals surface area contributed by atoms with E-state index in [0.717, 1.165) is 0 Å². The maximum atomic E-state index is 11.4. The van der Waals surface area contributed by atoms with Crippen molar-refractivity contribution in [1.82, 2.24) is 10.6 Å². The molecular weight excluding hydrogens is 208 g/mol. The molecule has 0 bridgehead atoms. The third-order valence-corrected chi connectivity index (χ3v) is 1.91. The van der Waals surface area contributed by atoms with Crippen molar-refractivity contribution in [3.05, 3.63) is 12.7 Å². The van der Waals surface area contributed by atoms with Crippen LogP contribution in [0.3, 0.4) is 0 Å². The largest absolute Gasteiger partial charge is 0.467 e. The molecule has 0 aliphatic heterocycles. The van der Waals surface area contributed by atoms with Crippen molar-refractivity contribution < 1.29 is 14.3 Å². The van der Waals surface area contributed by atoms with Gasteiger partial charge in [-0.25, -0.2) is 9.59 Å². The highest BCUT2D eigenvalue weighted by Crippen LogP contribution is 2.05. The second-order valence-corrected chi connectivity index (χ2v) is 3.85. The average Bonchev–Trinajstić information content (AvgIpc) is 2.23. The van der Waals surface area contributed by atoms with Gasteiger partial charge in [0.25, 0.3) is 0 Å². The number of carbonyl (C=O) groups is 2. The van der Waals surface area contributed by atoms with Crippen LogP contribution in [0.5, 0.6) is 0 Å². The molecule has 0 aromatic carbocycles. The molecule has 0 heterocycles. The summed E-state index contributed by atoms with van der Waals surface area (Å²) in [7, 11) is 1.30. The van der Waals surface area contributed by atoms with Crippen LogP contribution in [0.15, 0.2) is 12.7 Å². The maximum Gasteiger partial charge on any atom is 0.328 e. The number of hydrogen-bond donors (Lipinski definition) is 2. The Kier molecular flexibility index (Phi) is 7.00. The molecule has 5 nitrogen and oxygen atoms in total. The summed E-state index contributed by atoms with van der Waals surface area (Å²) in [5.41, 5.74) is 0. The number of nitrogens with one attached hydrogen (secondary N) is 2. The van der Waals surface area contributed by atoms with Gasteiger partial charge >= 0.3 is 12.0 Å². The molecule has 0 aromatic rings. The van der Waals surface area contributed by atoms with Gasteiger partial charge in [-0.15, -0.1) is 6.58 Å². The number of amides is 2. The second kappa shape index (κ2) is 7.73. The first-order chi connectivity index (χ1) is 7.51. The van der Waals surface area contributed by atoms with Crippen molar-refractivity contribution >= 4 is 12.0 Å². The molecule has 1 atom stereocenters. The summed E-state index contributed by atoms with van der Waals surface area (Å²) >= 11 is 0. The Bertz CT molecular complexity index is 252. The van der Waals surface area contributed by atoms with E-state index in [1.165, 1.54) is 7.11 Å². The Labute approximate surface area is 96.2 Å². The van der Waals surface area contributed by atoms with E-state index in [-0.39, 0.29) is 0 Å². The van der Waals surface area contributed by atoms with E-state index in [1.54, 1.807) is 6.08 Å². The van der Waals surface area contributed by atoms with E-state index < -0.39 is 18.0 Å². The van der Waals surface area contributed by atoms with Crippen molar-refractivity contribution in [3.8, 4) is 0 Å². The average molecular weight is 228 g/mol. The van der Waals surface area contributed by atoms with Gasteiger partial charge in [-0.2, -0.15) is 0 Å². The van der Waals surface area contributed by atoms with Crippen molar-refractivity contribution in [2.24, 2.45) is 5.92 Å². The highest BCUT2D eigenvalue weighted by molar-refractivity contribution is 5.83. The van der Waals surface area contributed by atoms with Gasteiger partial charge in [-0.05, 0) is 12.3 Å². The van der Waals surface area contributed by atoms with Crippen LogP contribution in [0, 0.1) is 5.92 Å². The summed E-state index contributed by atoms with van der Waals surface area (Å²) in [6.45, 7) is 7.78. The van der Waals surface area contributed by atoms with Crippen LogP contribution in [-0.2, 0) is 9.53 Å². The van der Waals surface area contributed by atoms with Crippen molar-refractivity contribution in [1.29, 1.82) is 0 Å². The second-order valence-electron chi connectivity index (χ2n) is 3.85. The summed E-state index contributed by atoms with van der Waals surface area (Å²) in [6.07, 6.45) is 2.11. The molecule has 0 fully saturated rings. The maximum absolute atomic E-state index is 11.4. The fraction of sp³-hybridized carbons (Fsp3) is 0.636.